The zero-order valence-electron chi connectivity index (χ0n) is 13.0. The van der Waals surface area contributed by atoms with Gasteiger partial charge in [0.2, 0.25) is 11.8 Å². The quantitative estimate of drug-likeness (QED) is 0.878. The lowest BCUT2D eigenvalue weighted by molar-refractivity contribution is -0.123. The number of methoxy groups -OCH3 is 1. The number of hydrogen-bond donors (Lipinski definition) is 1. The van der Waals surface area contributed by atoms with Crippen LogP contribution in [-0.2, 0) is 4.79 Å². The topological polar surface area (TPSA) is 86.5 Å². The number of hydrogen-bond acceptors (Lipinski definition) is 6. The highest BCUT2D eigenvalue weighted by Gasteiger charge is 2.12. The van der Waals surface area contributed by atoms with Gasteiger partial charge in [-0.3, -0.25) is 4.79 Å². The Kier molecular flexibility index (Phi) is 4.98. The van der Waals surface area contributed by atoms with E-state index in [0.29, 0.717) is 23.3 Å². The Balaban J connectivity index is 2.11. The SMILES string of the molecule is COc1cc(-c2nnc(C)o2)ccc1OCC(=O)NC(C)C. The van der Waals surface area contributed by atoms with Crippen LogP contribution in [0.25, 0.3) is 11.5 Å². The minimum atomic E-state index is -0.186. The third kappa shape index (κ3) is 3.97. The maximum Gasteiger partial charge on any atom is 0.258 e. The molecule has 0 spiro atoms. The van der Waals surface area contributed by atoms with Crippen molar-refractivity contribution in [3.05, 3.63) is 24.1 Å². The maximum absolute atomic E-state index is 11.6. The molecule has 2 rings (SSSR count). The predicted molar refractivity (Wildman–Crippen MR) is 79.8 cm³/mol. The van der Waals surface area contributed by atoms with Gasteiger partial charge in [0.15, 0.2) is 18.1 Å². The van der Waals surface area contributed by atoms with Crippen molar-refractivity contribution in [2.75, 3.05) is 13.7 Å². The largest absolute Gasteiger partial charge is 0.493 e. The molecule has 0 saturated carbocycles. The Morgan fingerprint density at radius 2 is 2.09 bits per heavy atom. The average molecular weight is 305 g/mol. The Hall–Kier alpha value is -2.57. The summed E-state index contributed by atoms with van der Waals surface area (Å²) in [5.74, 6) is 1.67. The summed E-state index contributed by atoms with van der Waals surface area (Å²) in [4.78, 5) is 11.6. The third-order valence-electron chi connectivity index (χ3n) is 2.75. The number of carbonyl (C=O) groups is 1. The Labute approximate surface area is 128 Å². The molecule has 0 aliphatic rings. The van der Waals surface area contributed by atoms with Crippen molar-refractivity contribution in [2.24, 2.45) is 0 Å². The summed E-state index contributed by atoms with van der Waals surface area (Å²) in [5.41, 5.74) is 0.719. The van der Waals surface area contributed by atoms with Gasteiger partial charge < -0.3 is 19.2 Å². The summed E-state index contributed by atoms with van der Waals surface area (Å²) in [6.07, 6.45) is 0. The zero-order chi connectivity index (χ0) is 16.1. The Bertz CT molecular complexity index is 652. The van der Waals surface area contributed by atoms with Crippen LogP contribution in [-0.4, -0.2) is 35.9 Å². The van der Waals surface area contributed by atoms with Crippen molar-refractivity contribution in [1.82, 2.24) is 15.5 Å². The molecule has 7 heteroatoms. The second-order valence-electron chi connectivity index (χ2n) is 5.00. The molecule has 1 heterocycles. The normalized spacial score (nSPS) is 10.6. The van der Waals surface area contributed by atoms with Crippen LogP contribution in [0.15, 0.2) is 22.6 Å². The lowest BCUT2D eigenvalue weighted by atomic mass is 10.2. The van der Waals surface area contributed by atoms with Crippen LogP contribution in [0.5, 0.6) is 11.5 Å². The molecular formula is C15H19N3O4. The molecule has 0 aliphatic carbocycles. The van der Waals surface area contributed by atoms with E-state index in [2.05, 4.69) is 15.5 Å². The summed E-state index contributed by atoms with van der Waals surface area (Å²) in [6.45, 7) is 5.42. The van der Waals surface area contributed by atoms with E-state index in [0.717, 1.165) is 5.56 Å². The summed E-state index contributed by atoms with van der Waals surface area (Å²) in [5, 5.41) is 10.5. The highest BCUT2D eigenvalue weighted by molar-refractivity contribution is 5.77. The minimum Gasteiger partial charge on any atom is -0.493 e. The van der Waals surface area contributed by atoms with Gasteiger partial charge in [-0.05, 0) is 32.0 Å². The van der Waals surface area contributed by atoms with Gasteiger partial charge >= 0.3 is 0 Å². The van der Waals surface area contributed by atoms with E-state index in [-0.39, 0.29) is 18.6 Å². The van der Waals surface area contributed by atoms with Crippen LogP contribution in [0.1, 0.15) is 19.7 Å². The van der Waals surface area contributed by atoms with E-state index in [9.17, 15) is 4.79 Å². The van der Waals surface area contributed by atoms with Crippen LogP contribution < -0.4 is 14.8 Å². The molecule has 1 N–H and O–H groups in total. The van der Waals surface area contributed by atoms with E-state index in [1.165, 1.54) is 7.11 Å². The summed E-state index contributed by atoms with van der Waals surface area (Å²) >= 11 is 0. The summed E-state index contributed by atoms with van der Waals surface area (Å²) in [7, 11) is 1.53. The molecular weight excluding hydrogens is 286 g/mol. The highest BCUT2D eigenvalue weighted by atomic mass is 16.5. The van der Waals surface area contributed by atoms with Crippen LogP contribution in [0.2, 0.25) is 0 Å². The van der Waals surface area contributed by atoms with Gasteiger partial charge in [-0.2, -0.15) is 0 Å². The first-order valence-electron chi connectivity index (χ1n) is 6.90. The number of aryl methyl sites for hydroxylation is 1. The number of aromatic nitrogens is 2. The van der Waals surface area contributed by atoms with Crippen LogP contribution in [0, 0.1) is 6.92 Å². The molecule has 118 valence electrons. The number of nitrogens with one attached hydrogen (secondary N) is 1. The molecule has 0 aliphatic heterocycles. The second kappa shape index (κ2) is 6.93. The fourth-order valence-electron chi connectivity index (χ4n) is 1.84. The second-order valence-corrected chi connectivity index (χ2v) is 5.00. The smallest absolute Gasteiger partial charge is 0.258 e. The Morgan fingerprint density at radius 3 is 2.68 bits per heavy atom. The Morgan fingerprint density at radius 1 is 1.32 bits per heavy atom. The van der Waals surface area contributed by atoms with Gasteiger partial charge in [-0.15, -0.1) is 10.2 Å². The molecule has 2 aromatic rings. The molecule has 0 unspecified atom stereocenters. The summed E-state index contributed by atoms with van der Waals surface area (Å²) in [6, 6.07) is 5.27. The van der Waals surface area contributed by atoms with Crippen molar-refractivity contribution >= 4 is 5.91 Å². The lowest BCUT2D eigenvalue weighted by Gasteiger charge is -2.12. The van der Waals surface area contributed by atoms with Crippen molar-refractivity contribution in [3.8, 4) is 23.0 Å². The maximum atomic E-state index is 11.6. The van der Waals surface area contributed by atoms with E-state index in [1.807, 2.05) is 13.8 Å². The fourth-order valence-corrected chi connectivity index (χ4v) is 1.84. The summed E-state index contributed by atoms with van der Waals surface area (Å²) < 4.78 is 16.1. The molecule has 0 bridgehead atoms. The van der Waals surface area contributed by atoms with Crippen molar-refractivity contribution < 1.29 is 18.7 Å². The number of ether oxygens (including phenoxy) is 2. The lowest BCUT2D eigenvalue weighted by Crippen LogP contribution is -2.34. The number of amides is 1. The molecule has 1 aromatic carbocycles. The molecule has 0 fully saturated rings. The first-order chi connectivity index (χ1) is 10.5. The number of rotatable bonds is 6. The van der Waals surface area contributed by atoms with Crippen molar-refractivity contribution in [3.63, 3.8) is 0 Å². The third-order valence-corrected chi connectivity index (χ3v) is 2.75. The van der Waals surface area contributed by atoms with E-state index in [4.69, 9.17) is 13.9 Å². The molecule has 1 aromatic heterocycles. The van der Waals surface area contributed by atoms with Crippen molar-refractivity contribution in [2.45, 2.75) is 26.8 Å². The van der Waals surface area contributed by atoms with Gasteiger partial charge in [0.05, 0.1) is 7.11 Å². The molecule has 0 radical (unpaired) electrons. The highest BCUT2D eigenvalue weighted by Crippen LogP contribution is 2.32. The van der Waals surface area contributed by atoms with Gasteiger partial charge in [-0.1, -0.05) is 0 Å². The van der Waals surface area contributed by atoms with E-state index >= 15 is 0 Å². The minimum absolute atomic E-state index is 0.0705. The number of carbonyl (C=O) groups excluding carboxylic acids is 1. The van der Waals surface area contributed by atoms with Crippen LogP contribution in [0.3, 0.4) is 0 Å². The fraction of sp³-hybridized carbons (Fsp3) is 0.400. The molecule has 0 saturated heterocycles. The van der Waals surface area contributed by atoms with Gasteiger partial charge in [0, 0.05) is 18.5 Å². The zero-order valence-corrected chi connectivity index (χ0v) is 13.0. The average Bonchev–Trinajstić information content (AvgIpc) is 2.90. The first kappa shape index (κ1) is 15.8. The predicted octanol–water partition coefficient (Wildman–Crippen LogP) is 1.96. The standard InChI is InChI=1S/C15H19N3O4/c1-9(2)16-14(19)8-21-12-6-5-11(7-13(12)20-4)15-18-17-10(3)22-15/h5-7,9H,8H2,1-4H3,(H,16,19). The van der Waals surface area contributed by atoms with Gasteiger partial charge in [0.25, 0.3) is 5.91 Å². The van der Waals surface area contributed by atoms with Crippen LogP contribution >= 0.6 is 0 Å². The van der Waals surface area contributed by atoms with Gasteiger partial charge in [-0.25, -0.2) is 0 Å². The molecule has 22 heavy (non-hydrogen) atoms. The van der Waals surface area contributed by atoms with E-state index in [1.54, 1.807) is 25.1 Å². The number of nitrogens with zero attached hydrogens (tertiary/aromatic N) is 2. The first-order valence-corrected chi connectivity index (χ1v) is 6.90. The monoisotopic (exact) mass is 305 g/mol. The molecule has 0 atom stereocenters. The van der Waals surface area contributed by atoms with Crippen molar-refractivity contribution in [1.29, 1.82) is 0 Å². The van der Waals surface area contributed by atoms with E-state index < -0.39 is 0 Å². The molecule has 1 amide bonds. The van der Waals surface area contributed by atoms with Gasteiger partial charge in [0.1, 0.15) is 0 Å². The van der Waals surface area contributed by atoms with Crippen LogP contribution in [0.4, 0.5) is 0 Å². The molecule has 7 nitrogen and oxygen atoms in total. The number of benzene rings is 1.